The van der Waals surface area contributed by atoms with Crippen molar-refractivity contribution in [3.05, 3.63) is 93.8 Å². The van der Waals surface area contributed by atoms with Crippen LogP contribution < -0.4 is 10.1 Å². The minimum Gasteiger partial charge on any atom is -0.497 e. The summed E-state index contributed by atoms with van der Waals surface area (Å²) in [6.07, 6.45) is 0. The van der Waals surface area contributed by atoms with E-state index in [1.807, 2.05) is 66.9 Å². The van der Waals surface area contributed by atoms with Crippen LogP contribution in [0.3, 0.4) is 0 Å². The maximum Gasteiger partial charge on any atom is 0.322 e. The molecule has 2 amide bonds. The monoisotopic (exact) mass is 492 g/mol. The van der Waals surface area contributed by atoms with Gasteiger partial charge in [-0.25, -0.2) is 4.79 Å². The third kappa shape index (κ3) is 4.30. The Balaban J connectivity index is 1.58. The van der Waals surface area contributed by atoms with Gasteiger partial charge >= 0.3 is 6.03 Å². The molecule has 172 valence electrons. The van der Waals surface area contributed by atoms with Gasteiger partial charge in [0, 0.05) is 10.7 Å². The summed E-state index contributed by atoms with van der Waals surface area (Å²) in [7, 11) is 1.62. The van der Waals surface area contributed by atoms with Crippen molar-refractivity contribution < 1.29 is 14.1 Å². The smallest absolute Gasteiger partial charge is 0.322 e. The number of rotatable bonds is 6. The van der Waals surface area contributed by atoms with Gasteiger partial charge < -0.3 is 14.6 Å². The largest absolute Gasteiger partial charge is 0.497 e. The molecule has 0 aliphatic carbocycles. The van der Waals surface area contributed by atoms with Crippen molar-refractivity contribution >= 4 is 34.5 Å². The lowest BCUT2D eigenvalue weighted by molar-refractivity contribution is 0.203. The quantitative estimate of drug-likeness (QED) is 0.348. The summed E-state index contributed by atoms with van der Waals surface area (Å²) >= 11 is 7.80. The maximum absolute atomic E-state index is 13.2. The molecular formula is C25H21ClN4O3S. The van der Waals surface area contributed by atoms with Crippen LogP contribution >= 0.6 is 22.9 Å². The first-order chi connectivity index (χ1) is 16.5. The van der Waals surface area contributed by atoms with Gasteiger partial charge in [-0.05, 0) is 53.8 Å². The highest BCUT2D eigenvalue weighted by molar-refractivity contribution is 7.13. The number of methoxy groups -OCH3 is 1. The van der Waals surface area contributed by atoms with E-state index < -0.39 is 6.04 Å². The highest BCUT2D eigenvalue weighted by atomic mass is 35.5. The number of halogens is 1. The van der Waals surface area contributed by atoms with E-state index in [2.05, 4.69) is 15.5 Å². The average molecular weight is 493 g/mol. The molecule has 2 aromatic carbocycles. The minimum atomic E-state index is -0.491. The molecule has 1 aliphatic rings. The van der Waals surface area contributed by atoms with Crippen LogP contribution in [0, 0.1) is 0 Å². The zero-order valence-electron chi connectivity index (χ0n) is 18.5. The first-order valence-electron chi connectivity index (χ1n) is 10.6. The van der Waals surface area contributed by atoms with Gasteiger partial charge in [0.2, 0.25) is 5.82 Å². The van der Waals surface area contributed by atoms with Crippen LogP contribution in [0.4, 0.5) is 4.79 Å². The van der Waals surface area contributed by atoms with E-state index in [0.29, 0.717) is 23.3 Å². The van der Waals surface area contributed by atoms with E-state index >= 15 is 0 Å². The van der Waals surface area contributed by atoms with Crippen molar-refractivity contribution in [1.82, 2.24) is 20.4 Å². The molecule has 7 nitrogen and oxygen atoms in total. The average Bonchev–Trinajstić information content (AvgIpc) is 3.54. The highest BCUT2D eigenvalue weighted by Crippen LogP contribution is 2.38. The van der Waals surface area contributed by atoms with Gasteiger partial charge in [-0.15, -0.1) is 11.3 Å². The molecule has 0 saturated heterocycles. The number of ether oxygens (including phenoxy) is 1. The van der Waals surface area contributed by atoms with Gasteiger partial charge in [0.25, 0.3) is 5.89 Å². The summed E-state index contributed by atoms with van der Waals surface area (Å²) in [5, 5.41) is 9.81. The summed E-state index contributed by atoms with van der Waals surface area (Å²) in [6.45, 7) is 2.27. The molecule has 0 saturated carbocycles. The summed E-state index contributed by atoms with van der Waals surface area (Å²) in [5.74, 6) is 1.62. The number of hydrogen-bond donors (Lipinski definition) is 1. The summed E-state index contributed by atoms with van der Waals surface area (Å²) in [5.41, 5.74) is 3.24. The van der Waals surface area contributed by atoms with Gasteiger partial charge in [0.15, 0.2) is 0 Å². The van der Waals surface area contributed by atoms with Crippen LogP contribution in [0.5, 0.6) is 5.75 Å². The van der Waals surface area contributed by atoms with E-state index in [1.54, 1.807) is 18.1 Å². The standard InChI is InChI=1S/C25H21ClN4O3S/c1-15-21(24-28-23(29-33-24)20-7-4-12-34-20)22(17-5-3-6-18(26)13-17)27-25(31)30(15)14-16-8-10-19(32-2)11-9-16/h3-13,22H,14H2,1-2H3,(H,27,31). The minimum absolute atomic E-state index is 0.222. The molecule has 1 N–H and O–H groups in total. The van der Waals surface area contributed by atoms with Crippen LogP contribution in [0.15, 0.2) is 76.3 Å². The molecule has 0 bridgehead atoms. The van der Waals surface area contributed by atoms with Gasteiger partial charge in [0.05, 0.1) is 30.1 Å². The number of carbonyl (C=O) groups is 1. The number of amides is 2. The Kier molecular flexibility index (Phi) is 6.08. The Bertz CT molecular complexity index is 1350. The Morgan fingerprint density at radius 3 is 2.71 bits per heavy atom. The fourth-order valence-electron chi connectivity index (χ4n) is 3.94. The van der Waals surface area contributed by atoms with Crippen molar-refractivity contribution in [2.24, 2.45) is 0 Å². The number of hydrogen-bond acceptors (Lipinski definition) is 6. The predicted octanol–water partition coefficient (Wildman–Crippen LogP) is 6.16. The lowest BCUT2D eigenvalue weighted by atomic mass is 9.94. The molecule has 0 radical (unpaired) electrons. The maximum atomic E-state index is 13.2. The number of thiophene rings is 1. The number of allylic oxidation sites excluding steroid dienone is 1. The molecule has 1 aliphatic heterocycles. The number of carbonyl (C=O) groups excluding carboxylic acids is 1. The Hall–Kier alpha value is -3.62. The third-order valence-electron chi connectivity index (χ3n) is 5.68. The lowest BCUT2D eigenvalue weighted by Crippen LogP contribution is -2.45. The zero-order chi connectivity index (χ0) is 23.7. The molecule has 2 aromatic heterocycles. The number of aromatic nitrogens is 2. The van der Waals surface area contributed by atoms with Crippen LogP contribution in [0.25, 0.3) is 16.3 Å². The lowest BCUT2D eigenvalue weighted by Gasteiger charge is -2.35. The number of urea groups is 1. The Morgan fingerprint density at radius 2 is 2.00 bits per heavy atom. The summed E-state index contributed by atoms with van der Waals surface area (Å²) < 4.78 is 10.9. The third-order valence-corrected chi connectivity index (χ3v) is 6.78. The van der Waals surface area contributed by atoms with Crippen molar-refractivity contribution in [2.75, 3.05) is 7.11 Å². The summed E-state index contributed by atoms with van der Waals surface area (Å²) in [6, 6.07) is 18.2. The fourth-order valence-corrected chi connectivity index (χ4v) is 4.79. The first kappa shape index (κ1) is 22.2. The first-order valence-corrected chi connectivity index (χ1v) is 11.8. The topological polar surface area (TPSA) is 80.5 Å². The molecular weight excluding hydrogens is 472 g/mol. The molecule has 9 heteroatoms. The fraction of sp³-hybridized carbons (Fsp3) is 0.160. The molecule has 34 heavy (non-hydrogen) atoms. The number of benzene rings is 2. The molecule has 4 aromatic rings. The normalized spacial score (nSPS) is 16.0. The van der Waals surface area contributed by atoms with E-state index in [9.17, 15) is 4.79 Å². The summed E-state index contributed by atoms with van der Waals surface area (Å²) in [4.78, 5) is 20.5. The zero-order valence-corrected chi connectivity index (χ0v) is 20.1. The van der Waals surface area contributed by atoms with E-state index in [1.165, 1.54) is 11.3 Å². The highest BCUT2D eigenvalue weighted by Gasteiger charge is 2.36. The second kappa shape index (κ2) is 9.32. The molecule has 1 atom stereocenters. The van der Waals surface area contributed by atoms with Crippen molar-refractivity contribution in [3.63, 3.8) is 0 Å². The van der Waals surface area contributed by atoms with Gasteiger partial charge in [0.1, 0.15) is 5.75 Å². The molecule has 3 heterocycles. The van der Waals surface area contributed by atoms with Gasteiger partial charge in [-0.3, -0.25) is 4.90 Å². The Morgan fingerprint density at radius 1 is 1.18 bits per heavy atom. The van der Waals surface area contributed by atoms with Gasteiger partial charge in [-0.1, -0.05) is 47.1 Å². The second-order valence-corrected chi connectivity index (χ2v) is 9.16. The number of nitrogens with zero attached hydrogens (tertiary/aromatic N) is 3. The number of nitrogens with one attached hydrogen (secondary N) is 1. The van der Waals surface area contributed by atoms with Gasteiger partial charge in [-0.2, -0.15) is 4.98 Å². The van der Waals surface area contributed by atoms with Crippen LogP contribution in [0.2, 0.25) is 5.02 Å². The van der Waals surface area contributed by atoms with E-state index in [4.69, 9.17) is 20.9 Å². The van der Waals surface area contributed by atoms with E-state index in [0.717, 1.165) is 33.0 Å². The Labute approximate surface area is 205 Å². The SMILES string of the molecule is COc1ccc(CN2C(=O)NC(c3cccc(Cl)c3)C(c3nc(-c4cccs4)no3)=C2C)cc1. The van der Waals surface area contributed by atoms with Crippen molar-refractivity contribution in [2.45, 2.75) is 19.5 Å². The molecule has 5 rings (SSSR count). The van der Waals surface area contributed by atoms with Crippen molar-refractivity contribution in [1.29, 1.82) is 0 Å². The second-order valence-electron chi connectivity index (χ2n) is 7.77. The van der Waals surface area contributed by atoms with E-state index in [-0.39, 0.29) is 6.03 Å². The molecule has 0 spiro atoms. The van der Waals surface area contributed by atoms with Crippen LogP contribution in [0.1, 0.15) is 30.0 Å². The van der Waals surface area contributed by atoms with Crippen LogP contribution in [-0.2, 0) is 6.54 Å². The van der Waals surface area contributed by atoms with Crippen LogP contribution in [-0.4, -0.2) is 28.2 Å². The predicted molar refractivity (Wildman–Crippen MR) is 131 cm³/mol. The molecule has 0 fully saturated rings. The van der Waals surface area contributed by atoms with Crippen molar-refractivity contribution in [3.8, 4) is 16.5 Å². The molecule has 1 unspecified atom stereocenters.